The van der Waals surface area contributed by atoms with Crippen LogP contribution in [-0.2, 0) is 4.79 Å². The van der Waals surface area contributed by atoms with E-state index in [2.05, 4.69) is 11.8 Å². The maximum Gasteiger partial charge on any atom is 0.231 e. The Morgan fingerprint density at radius 3 is 2.41 bits per heavy atom. The van der Waals surface area contributed by atoms with Gasteiger partial charge in [-0.05, 0) is 30.9 Å². The van der Waals surface area contributed by atoms with Crippen molar-refractivity contribution in [3.05, 3.63) is 24.3 Å². The predicted molar refractivity (Wildman–Crippen MR) is 87.0 cm³/mol. The summed E-state index contributed by atoms with van der Waals surface area (Å²) < 4.78 is 0. The Kier molecular flexibility index (Phi) is 3.03. The van der Waals surface area contributed by atoms with E-state index < -0.39 is 0 Å². The van der Waals surface area contributed by atoms with Crippen molar-refractivity contribution in [3.63, 3.8) is 0 Å². The van der Waals surface area contributed by atoms with Crippen molar-refractivity contribution >= 4 is 28.6 Å². The van der Waals surface area contributed by atoms with E-state index in [0.29, 0.717) is 5.92 Å². The molecule has 0 radical (unpaired) electrons. The molecule has 2 unspecified atom stereocenters. The molecule has 0 bridgehead atoms. The molecule has 1 saturated carbocycles. The summed E-state index contributed by atoms with van der Waals surface area (Å²) in [4.78, 5) is 26.3. The molecule has 1 aliphatic heterocycles. The molecule has 22 heavy (non-hydrogen) atoms. The summed E-state index contributed by atoms with van der Waals surface area (Å²) in [5, 5.41) is 0. The minimum absolute atomic E-state index is 0.171. The van der Waals surface area contributed by atoms with Crippen LogP contribution in [-0.4, -0.2) is 36.0 Å². The van der Waals surface area contributed by atoms with Gasteiger partial charge in [0.15, 0.2) is 11.6 Å². The number of carbonyl (C=O) groups is 1. The Balaban J connectivity index is 1.84. The van der Waals surface area contributed by atoms with Crippen molar-refractivity contribution in [3.8, 4) is 0 Å². The largest absolute Gasteiger partial charge is 0.357 e. The van der Waals surface area contributed by atoms with Gasteiger partial charge in [0.25, 0.3) is 0 Å². The predicted octanol–water partition coefficient (Wildman–Crippen LogP) is 2.46. The topological polar surface area (TPSA) is 49.3 Å². The van der Waals surface area contributed by atoms with Gasteiger partial charge >= 0.3 is 0 Å². The van der Waals surface area contributed by atoms with E-state index in [4.69, 9.17) is 9.97 Å². The number of fused-ring (bicyclic) bond motifs is 2. The molecule has 1 aromatic carbocycles. The Bertz CT molecular complexity index is 745. The second-order valence-electron chi connectivity index (χ2n) is 6.44. The number of anilines is 2. The average Bonchev–Trinajstić information content (AvgIpc) is 3.28. The van der Waals surface area contributed by atoms with Crippen LogP contribution in [0.4, 0.5) is 11.6 Å². The molecule has 0 saturated heterocycles. The number of carbonyl (C=O) groups excluding carboxylic acids is 1. The number of aromatic nitrogens is 2. The molecule has 0 N–H and O–H groups in total. The van der Waals surface area contributed by atoms with Crippen molar-refractivity contribution in [1.29, 1.82) is 0 Å². The number of nitrogens with zero attached hydrogens (tertiary/aromatic N) is 4. The summed E-state index contributed by atoms with van der Waals surface area (Å²) in [5.74, 6) is 2.43. The highest BCUT2D eigenvalue weighted by Gasteiger charge is 2.43. The van der Waals surface area contributed by atoms with E-state index in [1.807, 2.05) is 36.2 Å². The Labute approximate surface area is 130 Å². The molecule has 114 valence electrons. The molecule has 0 spiro atoms. The van der Waals surface area contributed by atoms with Crippen molar-refractivity contribution in [2.75, 3.05) is 29.9 Å². The Morgan fingerprint density at radius 2 is 1.77 bits per heavy atom. The highest BCUT2D eigenvalue weighted by atomic mass is 16.2. The third-order valence-electron chi connectivity index (χ3n) is 4.72. The standard InChI is InChI=1S/C17H20N4O/c1-11-10-12(11)17(22)21-9-5-8-20(2)15-16(21)19-14-7-4-3-6-13(14)18-15/h3-4,6-7,11-12H,5,8-10H2,1-2H3. The van der Waals surface area contributed by atoms with Gasteiger partial charge in [-0.1, -0.05) is 19.1 Å². The van der Waals surface area contributed by atoms with Crippen LogP contribution in [0.15, 0.2) is 24.3 Å². The SMILES string of the molecule is CC1CC1C(=O)N1CCCN(C)c2nc3ccccc3nc21. The van der Waals surface area contributed by atoms with Crippen LogP contribution in [0.2, 0.25) is 0 Å². The van der Waals surface area contributed by atoms with Gasteiger partial charge in [-0.2, -0.15) is 0 Å². The smallest absolute Gasteiger partial charge is 0.231 e. The zero-order valence-corrected chi connectivity index (χ0v) is 13.0. The van der Waals surface area contributed by atoms with Crippen molar-refractivity contribution < 1.29 is 4.79 Å². The molecule has 5 nitrogen and oxygen atoms in total. The van der Waals surface area contributed by atoms with Gasteiger partial charge in [-0.25, -0.2) is 9.97 Å². The molecule has 4 rings (SSSR count). The van der Waals surface area contributed by atoms with Gasteiger partial charge in [0.05, 0.1) is 11.0 Å². The van der Waals surface area contributed by atoms with Crippen molar-refractivity contribution in [1.82, 2.24) is 9.97 Å². The first-order chi connectivity index (χ1) is 10.6. The Hall–Kier alpha value is -2.17. The lowest BCUT2D eigenvalue weighted by molar-refractivity contribution is -0.120. The molecular formula is C17H20N4O. The van der Waals surface area contributed by atoms with Gasteiger partial charge in [-0.3, -0.25) is 9.69 Å². The summed E-state index contributed by atoms with van der Waals surface area (Å²) in [7, 11) is 2.02. The monoisotopic (exact) mass is 296 g/mol. The lowest BCUT2D eigenvalue weighted by Crippen LogP contribution is -2.34. The number of benzene rings is 1. The van der Waals surface area contributed by atoms with Gasteiger partial charge in [0.1, 0.15) is 0 Å². The van der Waals surface area contributed by atoms with Crippen LogP contribution in [0.25, 0.3) is 11.0 Å². The normalized spacial score (nSPS) is 24.1. The van der Waals surface area contributed by atoms with Crippen LogP contribution < -0.4 is 9.80 Å². The van der Waals surface area contributed by atoms with E-state index in [-0.39, 0.29) is 11.8 Å². The molecule has 5 heteroatoms. The fourth-order valence-electron chi connectivity index (χ4n) is 3.18. The Morgan fingerprint density at radius 1 is 1.14 bits per heavy atom. The lowest BCUT2D eigenvalue weighted by atomic mass is 10.2. The summed E-state index contributed by atoms with van der Waals surface area (Å²) in [6, 6.07) is 7.85. The fourth-order valence-corrected chi connectivity index (χ4v) is 3.18. The highest BCUT2D eigenvalue weighted by molar-refractivity contribution is 5.99. The van der Waals surface area contributed by atoms with Crippen LogP contribution in [0.3, 0.4) is 0 Å². The highest BCUT2D eigenvalue weighted by Crippen LogP contribution is 2.41. The molecule has 1 amide bonds. The molecule has 2 aliphatic rings. The van der Waals surface area contributed by atoms with E-state index >= 15 is 0 Å². The van der Waals surface area contributed by atoms with E-state index in [0.717, 1.165) is 48.6 Å². The van der Waals surface area contributed by atoms with Crippen molar-refractivity contribution in [2.24, 2.45) is 11.8 Å². The van der Waals surface area contributed by atoms with Gasteiger partial charge in [0.2, 0.25) is 5.91 Å². The molecule has 1 aliphatic carbocycles. The van der Waals surface area contributed by atoms with Crippen molar-refractivity contribution in [2.45, 2.75) is 19.8 Å². The third kappa shape index (κ3) is 2.12. The van der Waals surface area contributed by atoms with Gasteiger partial charge in [0, 0.05) is 26.1 Å². The summed E-state index contributed by atoms with van der Waals surface area (Å²) in [5.41, 5.74) is 1.72. The van der Waals surface area contributed by atoms with Crippen LogP contribution >= 0.6 is 0 Å². The van der Waals surface area contributed by atoms with E-state index in [1.54, 1.807) is 0 Å². The molecule has 1 aromatic heterocycles. The minimum atomic E-state index is 0.171. The van der Waals surface area contributed by atoms with Crippen LogP contribution in [0.5, 0.6) is 0 Å². The average molecular weight is 296 g/mol. The number of hydrogen-bond acceptors (Lipinski definition) is 4. The van der Waals surface area contributed by atoms with E-state index in [9.17, 15) is 4.79 Å². The quantitative estimate of drug-likeness (QED) is 0.811. The van der Waals surface area contributed by atoms with Gasteiger partial charge in [-0.15, -0.1) is 0 Å². The molecular weight excluding hydrogens is 276 g/mol. The summed E-state index contributed by atoms with van der Waals surface area (Å²) >= 11 is 0. The molecule has 2 atom stereocenters. The number of hydrogen-bond donors (Lipinski definition) is 0. The fraction of sp³-hybridized carbons (Fsp3) is 0.471. The maximum atomic E-state index is 12.8. The van der Waals surface area contributed by atoms with Gasteiger partial charge < -0.3 is 4.90 Å². The number of para-hydroxylation sites is 2. The second-order valence-corrected chi connectivity index (χ2v) is 6.44. The number of amides is 1. The van der Waals surface area contributed by atoms with Crippen LogP contribution in [0.1, 0.15) is 19.8 Å². The summed E-state index contributed by atoms with van der Waals surface area (Å²) in [6.07, 6.45) is 1.94. The number of rotatable bonds is 1. The lowest BCUT2D eigenvalue weighted by Gasteiger charge is -2.23. The minimum Gasteiger partial charge on any atom is -0.357 e. The zero-order chi connectivity index (χ0) is 15.3. The second kappa shape index (κ2) is 4.93. The van der Waals surface area contributed by atoms with Crippen LogP contribution in [0, 0.1) is 11.8 Å². The molecule has 2 aromatic rings. The zero-order valence-electron chi connectivity index (χ0n) is 13.0. The molecule has 2 heterocycles. The first kappa shape index (κ1) is 13.5. The maximum absolute atomic E-state index is 12.8. The summed E-state index contributed by atoms with van der Waals surface area (Å²) in [6.45, 7) is 3.76. The first-order valence-corrected chi connectivity index (χ1v) is 7.94. The molecule has 1 fully saturated rings. The third-order valence-corrected chi connectivity index (χ3v) is 4.72. The first-order valence-electron chi connectivity index (χ1n) is 7.94. The van der Waals surface area contributed by atoms with E-state index in [1.165, 1.54) is 0 Å².